The van der Waals surface area contributed by atoms with Gasteiger partial charge in [-0.15, -0.1) is 0 Å². The molecular formula is C10H17NO3. The molecule has 1 amide bonds. The van der Waals surface area contributed by atoms with Crippen molar-refractivity contribution in [3.05, 3.63) is 0 Å². The highest BCUT2D eigenvalue weighted by atomic mass is 16.2. The van der Waals surface area contributed by atoms with E-state index in [0.717, 1.165) is 0 Å². The largest absolute Gasteiger partial charge is 0.373 e. The van der Waals surface area contributed by atoms with Crippen LogP contribution in [0.4, 0.5) is 0 Å². The second-order valence-corrected chi connectivity index (χ2v) is 4.43. The van der Waals surface area contributed by atoms with Gasteiger partial charge in [-0.2, -0.15) is 9.59 Å². The standard InChI is InChI=1S/C9H17NO.CO2/c1-9(2,3)8(11)10-7-5-4-6-7;2-1-3/h7H,4-6H2,1-3H3,(H,10,11);. The van der Waals surface area contributed by atoms with Crippen LogP contribution in [0.5, 0.6) is 0 Å². The minimum Gasteiger partial charge on any atom is -0.353 e. The van der Waals surface area contributed by atoms with Crippen LogP contribution in [-0.2, 0) is 14.4 Å². The molecule has 0 saturated heterocycles. The van der Waals surface area contributed by atoms with Crippen LogP contribution in [0.3, 0.4) is 0 Å². The van der Waals surface area contributed by atoms with Crippen molar-refractivity contribution in [3.8, 4) is 0 Å². The van der Waals surface area contributed by atoms with E-state index in [1.54, 1.807) is 0 Å². The van der Waals surface area contributed by atoms with Gasteiger partial charge >= 0.3 is 6.15 Å². The first-order chi connectivity index (χ1) is 6.41. The molecule has 14 heavy (non-hydrogen) atoms. The summed E-state index contributed by atoms with van der Waals surface area (Å²) in [6, 6.07) is 0.474. The number of hydrogen-bond donors (Lipinski definition) is 1. The Morgan fingerprint density at radius 2 is 1.71 bits per heavy atom. The molecule has 4 heteroatoms. The van der Waals surface area contributed by atoms with Gasteiger partial charge in [-0.1, -0.05) is 20.8 Å². The fraction of sp³-hybridized carbons (Fsp3) is 0.800. The van der Waals surface area contributed by atoms with Crippen molar-refractivity contribution in [3.63, 3.8) is 0 Å². The summed E-state index contributed by atoms with van der Waals surface area (Å²) in [6.07, 6.45) is 3.86. The number of nitrogens with one attached hydrogen (secondary N) is 1. The first kappa shape index (κ1) is 12.8. The summed E-state index contributed by atoms with van der Waals surface area (Å²) in [5.74, 6) is 0.183. The van der Waals surface area contributed by atoms with E-state index in [1.165, 1.54) is 19.3 Å². The van der Waals surface area contributed by atoms with Gasteiger partial charge in [0.15, 0.2) is 0 Å². The Morgan fingerprint density at radius 1 is 1.29 bits per heavy atom. The van der Waals surface area contributed by atoms with Crippen molar-refractivity contribution in [2.45, 2.75) is 46.1 Å². The third kappa shape index (κ3) is 4.77. The molecule has 0 bridgehead atoms. The fourth-order valence-corrected chi connectivity index (χ4v) is 0.954. The molecule has 1 fully saturated rings. The number of carbonyl (C=O) groups excluding carboxylic acids is 3. The van der Waals surface area contributed by atoms with Gasteiger partial charge in [-0.25, -0.2) is 0 Å². The number of rotatable bonds is 1. The van der Waals surface area contributed by atoms with Crippen molar-refractivity contribution in [1.82, 2.24) is 5.32 Å². The second kappa shape index (κ2) is 5.55. The van der Waals surface area contributed by atoms with E-state index in [4.69, 9.17) is 9.59 Å². The molecule has 80 valence electrons. The number of amides is 1. The maximum Gasteiger partial charge on any atom is 0.373 e. The maximum atomic E-state index is 11.4. The molecule has 0 aliphatic heterocycles. The predicted molar refractivity (Wildman–Crippen MR) is 50.2 cm³/mol. The molecule has 0 unspecified atom stereocenters. The molecule has 0 heterocycles. The summed E-state index contributed by atoms with van der Waals surface area (Å²) < 4.78 is 0. The Bertz CT molecular complexity index is 220. The molecule has 4 nitrogen and oxygen atoms in total. The molecule has 0 aromatic rings. The van der Waals surface area contributed by atoms with Gasteiger partial charge in [0.25, 0.3) is 0 Å². The molecular weight excluding hydrogens is 182 g/mol. The molecule has 1 rings (SSSR count). The van der Waals surface area contributed by atoms with Crippen LogP contribution < -0.4 is 5.32 Å². The van der Waals surface area contributed by atoms with E-state index in [1.807, 2.05) is 20.8 Å². The first-order valence-electron chi connectivity index (χ1n) is 4.72. The zero-order valence-electron chi connectivity index (χ0n) is 8.92. The molecule has 1 N–H and O–H groups in total. The van der Waals surface area contributed by atoms with Crippen LogP contribution in [0, 0.1) is 5.41 Å². The van der Waals surface area contributed by atoms with Crippen LogP contribution >= 0.6 is 0 Å². The molecule has 1 saturated carbocycles. The van der Waals surface area contributed by atoms with Crippen molar-refractivity contribution in [1.29, 1.82) is 0 Å². The zero-order valence-corrected chi connectivity index (χ0v) is 8.92. The Hall–Kier alpha value is -1.15. The third-order valence-corrected chi connectivity index (χ3v) is 2.12. The third-order valence-electron chi connectivity index (χ3n) is 2.12. The highest BCUT2D eigenvalue weighted by Crippen LogP contribution is 2.20. The van der Waals surface area contributed by atoms with Gasteiger partial charge in [0.2, 0.25) is 5.91 Å². The number of hydrogen-bond acceptors (Lipinski definition) is 3. The maximum absolute atomic E-state index is 11.4. The van der Waals surface area contributed by atoms with E-state index in [0.29, 0.717) is 6.04 Å². The molecule has 1 aliphatic carbocycles. The van der Waals surface area contributed by atoms with Gasteiger partial charge in [0.1, 0.15) is 0 Å². The molecule has 0 spiro atoms. The smallest absolute Gasteiger partial charge is 0.353 e. The van der Waals surface area contributed by atoms with Gasteiger partial charge in [0, 0.05) is 11.5 Å². The van der Waals surface area contributed by atoms with Crippen molar-refractivity contribution in [2.24, 2.45) is 5.41 Å². The Morgan fingerprint density at radius 3 is 1.93 bits per heavy atom. The van der Waals surface area contributed by atoms with Gasteiger partial charge < -0.3 is 5.32 Å². The minimum atomic E-state index is -0.227. The summed E-state index contributed by atoms with van der Waals surface area (Å²) in [5.41, 5.74) is -0.227. The lowest BCUT2D eigenvalue weighted by molar-refractivity contribution is -0.191. The monoisotopic (exact) mass is 199 g/mol. The lowest BCUT2D eigenvalue weighted by Crippen LogP contribution is -2.44. The fourth-order valence-electron chi connectivity index (χ4n) is 0.954. The van der Waals surface area contributed by atoms with E-state index in [2.05, 4.69) is 5.32 Å². The molecule has 0 aromatic heterocycles. The molecule has 0 radical (unpaired) electrons. The van der Waals surface area contributed by atoms with Crippen molar-refractivity contribution < 1.29 is 14.4 Å². The Labute approximate surface area is 84.1 Å². The Balaban J connectivity index is 0.000000500. The summed E-state index contributed by atoms with van der Waals surface area (Å²) in [6.45, 7) is 5.84. The van der Waals surface area contributed by atoms with E-state index in [-0.39, 0.29) is 17.5 Å². The van der Waals surface area contributed by atoms with E-state index >= 15 is 0 Å². The summed E-state index contributed by atoms with van der Waals surface area (Å²) in [7, 11) is 0. The second-order valence-electron chi connectivity index (χ2n) is 4.43. The average molecular weight is 199 g/mol. The minimum absolute atomic E-state index is 0.183. The quantitative estimate of drug-likeness (QED) is 0.688. The van der Waals surface area contributed by atoms with Gasteiger partial charge in [0.05, 0.1) is 0 Å². The van der Waals surface area contributed by atoms with Crippen LogP contribution in [0.2, 0.25) is 0 Å². The molecule has 0 aromatic carbocycles. The van der Waals surface area contributed by atoms with Crippen molar-refractivity contribution >= 4 is 12.1 Å². The zero-order chi connectivity index (χ0) is 11.2. The molecule has 0 atom stereocenters. The molecule has 1 aliphatic rings. The lowest BCUT2D eigenvalue weighted by atomic mass is 9.90. The van der Waals surface area contributed by atoms with Crippen LogP contribution in [0.25, 0.3) is 0 Å². The highest BCUT2D eigenvalue weighted by molar-refractivity contribution is 5.81. The topological polar surface area (TPSA) is 63.2 Å². The van der Waals surface area contributed by atoms with Crippen LogP contribution in [-0.4, -0.2) is 18.1 Å². The average Bonchev–Trinajstić information content (AvgIpc) is 1.96. The summed E-state index contributed by atoms with van der Waals surface area (Å²) in [4.78, 5) is 27.6. The van der Waals surface area contributed by atoms with Crippen molar-refractivity contribution in [2.75, 3.05) is 0 Å². The SMILES string of the molecule is CC(C)(C)C(=O)NC1CCC1.O=C=O. The van der Waals surface area contributed by atoms with E-state index in [9.17, 15) is 4.79 Å². The normalized spacial score (nSPS) is 15.6. The number of carbonyl (C=O) groups is 1. The lowest BCUT2D eigenvalue weighted by Gasteiger charge is -2.29. The van der Waals surface area contributed by atoms with Crippen LogP contribution in [0.1, 0.15) is 40.0 Å². The summed E-state index contributed by atoms with van der Waals surface area (Å²) in [5, 5.41) is 3.02. The van der Waals surface area contributed by atoms with Gasteiger partial charge in [-0.05, 0) is 19.3 Å². The first-order valence-corrected chi connectivity index (χ1v) is 4.72. The Kier molecular flexibility index (Phi) is 5.10. The van der Waals surface area contributed by atoms with E-state index < -0.39 is 0 Å². The van der Waals surface area contributed by atoms with Crippen LogP contribution in [0.15, 0.2) is 0 Å². The predicted octanol–water partition coefficient (Wildman–Crippen LogP) is 1.12. The highest BCUT2D eigenvalue weighted by Gasteiger charge is 2.26. The van der Waals surface area contributed by atoms with Gasteiger partial charge in [-0.3, -0.25) is 4.79 Å². The summed E-state index contributed by atoms with van der Waals surface area (Å²) >= 11 is 0.